The van der Waals surface area contributed by atoms with E-state index in [1.807, 2.05) is 0 Å². The van der Waals surface area contributed by atoms with Crippen LogP contribution in [0.15, 0.2) is 58.4 Å². The molecule has 0 atom stereocenters. The molecule has 0 amide bonds. The van der Waals surface area contributed by atoms with Gasteiger partial charge in [0.15, 0.2) is 9.84 Å². The number of ether oxygens (including phenoxy) is 1. The Balaban J connectivity index is 2.05. The highest BCUT2D eigenvalue weighted by Gasteiger charge is 2.14. The van der Waals surface area contributed by atoms with Crippen LogP contribution in [0.2, 0.25) is 10.0 Å². The van der Waals surface area contributed by atoms with Gasteiger partial charge in [0.1, 0.15) is 12.4 Å². The summed E-state index contributed by atoms with van der Waals surface area (Å²) >= 11 is 12.2. The lowest BCUT2D eigenvalue weighted by atomic mass is 10.1. The van der Waals surface area contributed by atoms with Crippen LogP contribution in [0.4, 0.5) is 0 Å². The zero-order valence-electron chi connectivity index (χ0n) is 16.1. The van der Waals surface area contributed by atoms with E-state index in [0.717, 1.165) is 6.26 Å². The van der Waals surface area contributed by atoms with Crippen LogP contribution < -0.4 is 10.3 Å². The molecule has 5 nitrogen and oxygen atoms in total. The average Bonchev–Trinajstić information content (AvgIpc) is 2.66. The van der Waals surface area contributed by atoms with Crippen molar-refractivity contribution in [2.24, 2.45) is 7.05 Å². The van der Waals surface area contributed by atoms with E-state index in [-0.39, 0.29) is 17.1 Å². The van der Waals surface area contributed by atoms with E-state index in [0.29, 0.717) is 38.0 Å². The van der Waals surface area contributed by atoms with Crippen LogP contribution >= 0.6 is 23.2 Å². The van der Waals surface area contributed by atoms with E-state index < -0.39 is 9.84 Å². The van der Waals surface area contributed by atoms with E-state index in [4.69, 9.17) is 27.9 Å². The number of benzene rings is 2. The third-order valence-corrected chi connectivity index (χ3v) is 6.38. The summed E-state index contributed by atoms with van der Waals surface area (Å²) in [6.45, 7) is 1.84. The van der Waals surface area contributed by atoms with Crippen molar-refractivity contribution in [3.05, 3.63) is 80.2 Å². The monoisotopic (exact) mass is 451 g/mol. The number of pyridine rings is 1. The standard InChI is InChI=1S/C21H19Cl2NO4S/c1-13-7-16(11-24(2)21(13)25)15-8-17(10-18(9-15)29(3,26)27)28-12-14-5-4-6-19(22)20(14)23/h4-11H,12H2,1-3H3. The Bertz CT molecular complexity index is 1220. The van der Waals surface area contributed by atoms with Gasteiger partial charge in [0.25, 0.3) is 5.56 Å². The molecule has 0 bridgehead atoms. The van der Waals surface area contributed by atoms with Crippen molar-refractivity contribution in [3.8, 4) is 16.9 Å². The molecule has 0 aliphatic heterocycles. The Kier molecular flexibility index (Phi) is 6.08. The Hall–Kier alpha value is -2.28. The zero-order chi connectivity index (χ0) is 21.3. The predicted molar refractivity (Wildman–Crippen MR) is 116 cm³/mol. The van der Waals surface area contributed by atoms with Crippen molar-refractivity contribution in [2.45, 2.75) is 18.4 Å². The fraction of sp³-hybridized carbons (Fsp3) is 0.190. The van der Waals surface area contributed by atoms with Crippen LogP contribution in [0.1, 0.15) is 11.1 Å². The van der Waals surface area contributed by atoms with Gasteiger partial charge in [-0.05, 0) is 48.4 Å². The van der Waals surface area contributed by atoms with Crippen LogP contribution in [0.25, 0.3) is 11.1 Å². The lowest BCUT2D eigenvalue weighted by Gasteiger charge is -2.13. The van der Waals surface area contributed by atoms with E-state index in [2.05, 4.69) is 0 Å². The second-order valence-electron chi connectivity index (χ2n) is 6.79. The lowest BCUT2D eigenvalue weighted by Crippen LogP contribution is -2.18. The summed E-state index contributed by atoms with van der Waals surface area (Å²) < 4.78 is 31.7. The topological polar surface area (TPSA) is 65.4 Å². The second kappa shape index (κ2) is 8.22. The molecule has 0 radical (unpaired) electrons. The molecule has 0 N–H and O–H groups in total. The van der Waals surface area contributed by atoms with Crippen LogP contribution in [0.5, 0.6) is 5.75 Å². The van der Waals surface area contributed by atoms with Crippen molar-refractivity contribution in [2.75, 3.05) is 6.26 Å². The lowest BCUT2D eigenvalue weighted by molar-refractivity contribution is 0.305. The third-order valence-electron chi connectivity index (χ3n) is 4.43. The van der Waals surface area contributed by atoms with Gasteiger partial charge in [-0.3, -0.25) is 4.79 Å². The fourth-order valence-electron chi connectivity index (χ4n) is 2.89. The van der Waals surface area contributed by atoms with Crippen LogP contribution in [0, 0.1) is 6.92 Å². The maximum Gasteiger partial charge on any atom is 0.253 e. The molecule has 8 heteroatoms. The summed E-state index contributed by atoms with van der Waals surface area (Å²) in [5.41, 5.74) is 2.46. The van der Waals surface area contributed by atoms with Gasteiger partial charge in [0.2, 0.25) is 0 Å². The summed E-state index contributed by atoms with van der Waals surface area (Å²) in [6, 6.07) is 11.7. The first-order valence-electron chi connectivity index (χ1n) is 8.65. The number of nitrogens with zero attached hydrogens (tertiary/aromatic N) is 1. The molecule has 152 valence electrons. The highest BCUT2D eigenvalue weighted by atomic mass is 35.5. The molecule has 0 fully saturated rings. The van der Waals surface area contributed by atoms with Crippen LogP contribution in [-0.2, 0) is 23.5 Å². The molecule has 2 aromatic carbocycles. The molecule has 0 aliphatic carbocycles. The Morgan fingerprint density at radius 1 is 1.07 bits per heavy atom. The number of aromatic nitrogens is 1. The maximum atomic E-state index is 12.2. The van der Waals surface area contributed by atoms with Gasteiger partial charge in [-0.25, -0.2) is 8.42 Å². The minimum atomic E-state index is -3.48. The number of halogens is 2. The number of hydrogen-bond acceptors (Lipinski definition) is 4. The molecule has 1 heterocycles. The SMILES string of the molecule is Cc1cc(-c2cc(OCc3cccc(Cl)c3Cl)cc(S(C)(=O)=O)c2)cn(C)c1=O. The first-order chi connectivity index (χ1) is 13.6. The molecule has 0 unspecified atom stereocenters. The summed E-state index contributed by atoms with van der Waals surface area (Å²) in [6.07, 6.45) is 2.80. The molecule has 0 saturated heterocycles. The largest absolute Gasteiger partial charge is 0.489 e. The molecule has 0 aliphatic rings. The average molecular weight is 452 g/mol. The predicted octanol–water partition coefficient (Wildman–Crippen LogP) is 4.65. The van der Waals surface area contributed by atoms with Crippen molar-refractivity contribution in [1.29, 1.82) is 0 Å². The van der Waals surface area contributed by atoms with Crippen molar-refractivity contribution in [3.63, 3.8) is 0 Å². The summed E-state index contributed by atoms with van der Waals surface area (Å²) in [5, 5.41) is 0.807. The Morgan fingerprint density at radius 2 is 1.79 bits per heavy atom. The number of rotatable bonds is 5. The first-order valence-corrected chi connectivity index (χ1v) is 11.3. The molecule has 29 heavy (non-hydrogen) atoms. The summed E-state index contributed by atoms with van der Waals surface area (Å²) in [7, 11) is -1.83. The van der Waals surface area contributed by atoms with Gasteiger partial charge in [0, 0.05) is 30.6 Å². The minimum absolute atomic E-state index is 0.111. The smallest absolute Gasteiger partial charge is 0.253 e. The summed E-state index contributed by atoms with van der Waals surface area (Å²) in [5.74, 6) is 0.366. The third kappa shape index (κ3) is 4.83. The first kappa shape index (κ1) is 21.4. The number of hydrogen-bond donors (Lipinski definition) is 0. The van der Waals surface area contributed by atoms with Gasteiger partial charge < -0.3 is 9.30 Å². The van der Waals surface area contributed by atoms with Crippen LogP contribution in [-0.4, -0.2) is 19.2 Å². The van der Waals surface area contributed by atoms with Crippen molar-refractivity contribution < 1.29 is 13.2 Å². The molecule has 3 aromatic rings. The highest BCUT2D eigenvalue weighted by molar-refractivity contribution is 7.90. The van der Waals surface area contributed by atoms with Crippen LogP contribution in [0.3, 0.4) is 0 Å². The van der Waals surface area contributed by atoms with Gasteiger partial charge in [-0.15, -0.1) is 0 Å². The van der Waals surface area contributed by atoms with Gasteiger partial charge in [-0.1, -0.05) is 35.3 Å². The molecule has 3 rings (SSSR count). The Labute approximate surface area is 179 Å². The molecule has 0 spiro atoms. The van der Waals surface area contributed by atoms with Gasteiger partial charge in [-0.2, -0.15) is 0 Å². The second-order valence-corrected chi connectivity index (χ2v) is 9.60. The fourth-order valence-corrected chi connectivity index (χ4v) is 3.94. The number of aryl methyl sites for hydroxylation is 2. The molecule has 0 saturated carbocycles. The normalized spacial score (nSPS) is 11.5. The quantitative estimate of drug-likeness (QED) is 0.566. The van der Waals surface area contributed by atoms with E-state index >= 15 is 0 Å². The van der Waals surface area contributed by atoms with E-state index in [9.17, 15) is 13.2 Å². The van der Waals surface area contributed by atoms with Gasteiger partial charge >= 0.3 is 0 Å². The van der Waals surface area contributed by atoms with E-state index in [1.165, 1.54) is 10.6 Å². The highest BCUT2D eigenvalue weighted by Crippen LogP contribution is 2.30. The number of sulfone groups is 1. The zero-order valence-corrected chi connectivity index (χ0v) is 18.4. The maximum absolute atomic E-state index is 12.2. The minimum Gasteiger partial charge on any atom is -0.489 e. The van der Waals surface area contributed by atoms with E-state index in [1.54, 1.807) is 56.6 Å². The molecule has 1 aromatic heterocycles. The molecular formula is C21H19Cl2NO4S. The Morgan fingerprint density at radius 3 is 2.45 bits per heavy atom. The van der Waals surface area contributed by atoms with Gasteiger partial charge in [0.05, 0.1) is 14.9 Å². The van der Waals surface area contributed by atoms with Crippen molar-refractivity contribution >= 4 is 33.0 Å². The summed E-state index contributed by atoms with van der Waals surface area (Å²) in [4.78, 5) is 12.1. The van der Waals surface area contributed by atoms with Crippen molar-refractivity contribution in [1.82, 2.24) is 4.57 Å². The molecular weight excluding hydrogens is 433 g/mol.